The molecular weight excluding hydrogens is 422 g/mol. The quantitative estimate of drug-likeness (QED) is 0.459. The predicted octanol–water partition coefficient (Wildman–Crippen LogP) is 4.10. The maximum Gasteiger partial charge on any atom is 0.232 e. The monoisotopic (exact) mass is 451 g/mol. The molecular formula is C25H29N3O5. The van der Waals surface area contributed by atoms with Crippen molar-refractivity contribution in [1.82, 2.24) is 15.0 Å². The van der Waals surface area contributed by atoms with Crippen molar-refractivity contribution in [2.75, 3.05) is 33.4 Å². The van der Waals surface area contributed by atoms with Crippen molar-refractivity contribution in [2.24, 2.45) is 0 Å². The average molecular weight is 452 g/mol. The molecule has 2 heterocycles. The Bertz CT molecular complexity index is 1100. The summed E-state index contributed by atoms with van der Waals surface area (Å²) < 4.78 is 22.2. The first kappa shape index (κ1) is 22.6. The van der Waals surface area contributed by atoms with Gasteiger partial charge in [0.05, 0.1) is 31.8 Å². The number of carbonyl (C=O) groups is 1. The van der Waals surface area contributed by atoms with Gasteiger partial charge in [0.2, 0.25) is 17.6 Å². The lowest BCUT2D eigenvalue weighted by molar-refractivity contribution is -0.127. The Labute approximate surface area is 193 Å². The average Bonchev–Trinajstić information content (AvgIpc) is 3.46. The summed E-state index contributed by atoms with van der Waals surface area (Å²) in [5, 5.41) is 4.11. The van der Waals surface area contributed by atoms with Gasteiger partial charge in [-0.2, -0.15) is 4.98 Å². The van der Waals surface area contributed by atoms with Gasteiger partial charge < -0.3 is 23.6 Å². The van der Waals surface area contributed by atoms with Crippen LogP contribution in [0.25, 0.3) is 11.4 Å². The molecule has 0 radical (unpaired) electrons. The zero-order valence-corrected chi connectivity index (χ0v) is 19.2. The molecule has 4 rings (SSSR count). The Hall–Kier alpha value is -3.55. The molecule has 33 heavy (non-hydrogen) atoms. The number of carbonyl (C=O) groups excluding carboxylic acids is 1. The summed E-state index contributed by atoms with van der Waals surface area (Å²) >= 11 is 0. The largest absolute Gasteiger partial charge is 0.496 e. The highest BCUT2D eigenvalue weighted by Gasteiger charge is 2.34. The number of ether oxygens (including phenoxy) is 3. The first-order valence-electron chi connectivity index (χ1n) is 11.3. The van der Waals surface area contributed by atoms with Crippen molar-refractivity contribution in [3.63, 3.8) is 0 Å². The Morgan fingerprint density at radius 2 is 1.85 bits per heavy atom. The summed E-state index contributed by atoms with van der Waals surface area (Å²) in [6.07, 6.45) is 1.09. The molecule has 0 bridgehead atoms. The van der Waals surface area contributed by atoms with Gasteiger partial charge in [-0.1, -0.05) is 23.4 Å². The molecule has 2 aromatic carbocycles. The van der Waals surface area contributed by atoms with Crippen molar-refractivity contribution in [2.45, 2.75) is 32.6 Å². The molecule has 1 aliphatic heterocycles. The second-order valence-electron chi connectivity index (χ2n) is 7.79. The second kappa shape index (κ2) is 10.4. The molecule has 1 amide bonds. The minimum absolute atomic E-state index is 0.0907. The number of methoxy groups -OCH3 is 1. The fourth-order valence-electron chi connectivity index (χ4n) is 4.01. The summed E-state index contributed by atoms with van der Waals surface area (Å²) in [7, 11) is 1.61. The van der Waals surface area contributed by atoms with Gasteiger partial charge >= 0.3 is 0 Å². The van der Waals surface area contributed by atoms with Crippen LogP contribution in [0.4, 0.5) is 0 Å². The van der Waals surface area contributed by atoms with E-state index in [1.54, 1.807) is 7.11 Å². The fraction of sp³-hybridized carbons (Fsp3) is 0.400. The Morgan fingerprint density at radius 1 is 1.06 bits per heavy atom. The molecule has 1 saturated heterocycles. The number of hydrogen-bond donors (Lipinski definition) is 0. The molecule has 1 unspecified atom stereocenters. The van der Waals surface area contributed by atoms with Crippen molar-refractivity contribution in [1.29, 1.82) is 0 Å². The lowest BCUT2D eigenvalue weighted by Gasteiger charge is -2.17. The highest BCUT2D eigenvalue weighted by Crippen LogP contribution is 2.32. The molecule has 8 heteroatoms. The van der Waals surface area contributed by atoms with Gasteiger partial charge in [0.15, 0.2) is 11.5 Å². The molecule has 0 aliphatic carbocycles. The number of para-hydroxylation sites is 1. The van der Waals surface area contributed by atoms with Crippen LogP contribution >= 0.6 is 0 Å². The third-order valence-electron chi connectivity index (χ3n) is 5.63. The third kappa shape index (κ3) is 5.10. The normalized spacial score (nSPS) is 15.7. The van der Waals surface area contributed by atoms with Crippen molar-refractivity contribution < 1.29 is 23.5 Å². The first-order chi connectivity index (χ1) is 16.1. The molecule has 174 valence electrons. The van der Waals surface area contributed by atoms with Gasteiger partial charge in [-0.25, -0.2) is 0 Å². The minimum atomic E-state index is -0.118. The highest BCUT2D eigenvalue weighted by atomic mass is 16.5. The van der Waals surface area contributed by atoms with Gasteiger partial charge in [0.25, 0.3) is 0 Å². The van der Waals surface area contributed by atoms with Crippen LogP contribution in [-0.4, -0.2) is 54.4 Å². The summed E-state index contributed by atoms with van der Waals surface area (Å²) in [6.45, 7) is 6.21. The third-order valence-corrected chi connectivity index (χ3v) is 5.63. The minimum Gasteiger partial charge on any atom is -0.496 e. The number of rotatable bonds is 10. The standard InChI is InChI=1S/C25H29N3O5/c1-4-31-21-11-10-17(14-22(21)32-5-2)12-13-28-16-18(15-23(28)29)25-26-24(27-33-25)19-8-6-7-9-20(19)30-3/h6-11,14,18H,4-5,12-13,15-16H2,1-3H3. The van der Waals surface area contributed by atoms with Gasteiger partial charge in [0, 0.05) is 19.5 Å². The lowest BCUT2D eigenvalue weighted by Crippen LogP contribution is -2.27. The van der Waals surface area contributed by atoms with Crippen LogP contribution in [0.2, 0.25) is 0 Å². The summed E-state index contributed by atoms with van der Waals surface area (Å²) in [4.78, 5) is 19.0. The number of aromatic nitrogens is 2. The van der Waals surface area contributed by atoms with Crippen LogP contribution in [0.15, 0.2) is 47.0 Å². The van der Waals surface area contributed by atoms with E-state index in [1.165, 1.54) is 0 Å². The van der Waals surface area contributed by atoms with Crippen molar-refractivity contribution in [3.05, 3.63) is 53.9 Å². The molecule has 1 aromatic heterocycles. The highest BCUT2D eigenvalue weighted by molar-refractivity contribution is 5.79. The van der Waals surface area contributed by atoms with Crippen LogP contribution in [0, 0.1) is 0 Å². The van der Waals surface area contributed by atoms with E-state index in [0.29, 0.717) is 50.2 Å². The molecule has 8 nitrogen and oxygen atoms in total. The van der Waals surface area contributed by atoms with E-state index >= 15 is 0 Å². The van der Waals surface area contributed by atoms with Gasteiger partial charge in [0.1, 0.15) is 5.75 Å². The molecule has 1 fully saturated rings. The molecule has 1 atom stereocenters. The number of amides is 1. The van der Waals surface area contributed by atoms with Gasteiger partial charge in [-0.05, 0) is 50.1 Å². The lowest BCUT2D eigenvalue weighted by atomic mass is 10.1. The van der Waals surface area contributed by atoms with Gasteiger partial charge in [-0.15, -0.1) is 0 Å². The molecule has 0 N–H and O–H groups in total. The molecule has 3 aromatic rings. The summed E-state index contributed by atoms with van der Waals surface area (Å²) in [5.74, 6) is 3.06. The maximum absolute atomic E-state index is 12.6. The summed E-state index contributed by atoms with van der Waals surface area (Å²) in [6, 6.07) is 13.4. The van der Waals surface area contributed by atoms with Crippen LogP contribution in [0.1, 0.15) is 37.6 Å². The van der Waals surface area contributed by atoms with Crippen LogP contribution < -0.4 is 14.2 Å². The number of hydrogen-bond acceptors (Lipinski definition) is 7. The van der Waals surface area contributed by atoms with E-state index in [1.807, 2.05) is 61.2 Å². The molecule has 0 spiro atoms. The Morgan fingerprint density at radius 3 is 2.64 bits per heavy atom. The van der Waals surface area contributed by atoms with E-state index in [4.69, 9.17) is 18.7 Å². The van der Waals surface area contributed by atoms with E-state index in [9.17, 15) is 4.79 Å². The Kier molecular flexibility index (Phi) is 7.12. The Balaban J connectivity index is 1.40. The van der Waals surface area contributed by atoms with Crippen molar-refractivity contribution in [3.8, 4) is 28.6 Å². The van der Waals surface area contributed by atoms with E-state index in [0.717, 1.165) is 29.0 Å². The zero-order chi connectivity index (χ0) is 23.2. The molecule has 0 saturated carbocycles. The SMILES string of the molecule is CCOc1ccc(CCN2CC(c3nc(-c4ccccc4OC)no3)CC2=O)cc1OCC. The predicted molar refractivity (Wildman–Crippen MR) is 123 cm³/mol. The number of likely N-dealkylation sites (tertiary alicyclic amines) is 1. The number of nitrogens with zero attached hydrogens (tertiary/aromatic N) is 3. The topological polar surface area (TPSA) is 86.9 Å². The summed E-state index contributed by atoms with van der Waals surface area (Å²) in [5.41, 5.74) is 1.85. The smallest absolute Gasteiger partial charge is 0.232 e. The van der Waals surface area contributed by atoms with E-state index in [-0.39, 0.29) is 11.8 Å². The maximum atomic E-state index is 12.6. The van der Waals surface area contributed by atoms with Crippen LogP contribution in [0.5, 0.6) is 17.2 Å². The van der Waals surface area contributed by atoms with E-state index < -0.39 is 0 Å². The molecule has 1 aliphatic rings. The van der Waals surface area contributed by atoms with Crippen LogP contribution in [0.3, 0.4) is 0 Å². The first-order valence-corrected chi connectivity index (χ1v) is 11.3. The second-order valence-corrected chi connectivity index (χ2v) is 7.79. The van der Waals surface area contributed by atoms with Crippen LogP contribution in [-0.2, 0) is 11.2 Å². The van der Waals surface area contributed by atoms with E-state index in [2.05, 4.69) is 10.1 Å². The fourth-order valence-corrected chi connectivity index (χ4v) is 4.01. The zero-order valence-electron chi connectivity index (χ0n) is 19.2. The van der Waals surface area contributed by atoms with Crippen molar-refractivity contribution >= 4 is 5.91 Å². The van der Waals surface area contributed by atoms with Gasteiger partial charge in [-0.3, -0.25) is 4.79 Å². The number of benzene rings is 2.